The Morgan fingerprint density at radius 2 is 1.97 bits per heavy atom. The first-order valence-corrected chi connectivity index (χ1v) is 11.0. The second-order valence-corrected chi connectivity index (χ2v) is 8.14. The topological polar surface area (TPSA) is 59.8 Å². The summed E-state index contributed by atoms with van der Waals surface area (Å²) in [4.78, 5) is 17.8. The maximum atomic E-state index is 13.0. The largest absolute Gasteiger partial charge is 0.352 e. The minimum atomic E-state index is -0.0501. The van der Waals surface area contributed by atoms with Crippen molar-refractivity contribution in [3.8, 4) is 5.69 Å². The summed E-state index contributed by atoms with van der Waals surface area (Å²) in [6, 6.07) is 10.2. The summed E-state index contributed by atoms with van der Waals surface area (Å²) in [6.45, 7) is 6.68. The van der Waals surface area contributed by atoms with E-state index in [-0.39, 0.29) is 5.91 Å². The summed E-state index contributed by atoms with van der Waals surface area (Å²) in [7, 11) is 0. The number of pyridine rings is 1. The van der Waals surface area contributed by atoms with Gasteiger partial charge >= 0.3 is 0 Å². The van der Waals surface area contributed by atoms with E-state index in [1.807, 2.05) is 24.6 Å². The van der Waals surface area contributed by atoms with E-state index in [0.29, 0.717) is 12.1 Å². The SMILES string of the molecule is CCc1ccc(-n2nc(C)c3c(C(=O)NCCC4=CCCCC4)cc(C)nc32)cc1. The number of hydrogen-bond donors (Lipinski definition) is 1. The number of carbonyl (C=O) groups excluding carboxylic acids is 1. The van der Waals surface area contributed by atoms with E-state index in [0.717, 1.165) is 47.4 Å². The fourth-order valence-corrected chi connectivity index (χ4v) is 4.21. The quantitative estimate of drug-likeness (QED) is 0.575. The first-order chi connectivity index (χ1) is 14.6. The van der Waals surface area contributed by atoms with Crippen LogP contribution in [-0.4, -0.2) is 27.2 Å². The Morgan fingerprint density at radius 1 is 1.17 bits per heavy atom. The zero-order valence-corrected chi connectivity index (χ0v) is 18.2. The Kier molecular flexibility index (Phi) is 5.98. The Balaban J connectivity index is 1.62. The number of nitrogens with zero attached hydrogens (tertiary/aromatic N) is 3. The van der Waals surface area contributed by atoms with Gasteiger partial charge in [0, 0.05) is 12.2 Å². The summed E-state index contributed by atoms with van der Waals surface area (Å²) in [5.41, 5.74) is 6.73. The first kappa shape index (κ1) is 20.3. The molecule has 1 aromatic carbocycles. The van der Waals surface area contributed by atoms with E-state index >= 15 is 0 Å². The van der Waals surface area contributed by atoms with Crippen LogP contribution in [0.2, 0.25) is 0 Å². The molecule has 1 amide bonds. The van der Waals surface area contributed by atoms with Gasteiger partial charge in [0.1, 0.15) is 0 Å². The van der Waals surface area contributed by atoms with Crippen LogP contribution in [0.3, 0.4) is 0 Å². The van der Waals surface area contributed by atoms with E-state index in [4.69, 9.17) is 10.1 Å². The third-order valence-electron chi connectivity index (χ3n) is 5.89. The molecule has 0 saturated carbocycles. The van der Waals surface area contributed by atoms with Crippen LogP contribution >= 0.6 is 0 Å². The molecule has 0 radical (unpaired) electrons. The molecule has 0 saturated heterocycles. The van der Waals surface area contributed by atoms with Crippen molar-refractivity contribution in [1.82, 2.24) is 20.1 Å². The number of nitrogens with one attached hydrogen (secondary N) is 1. The van der Waals surface area contributed by atoms with Crippen molar-refractivity contribution in [1.29, 1.82) is 0 Å². The Morgan fingerprint density at radius 3 is 2.67 bits per heavy atom. The van der Waals surface area contributed by atoms with Gasteiger partial charge in [0.05, 0.1) is 22.3 Å². The number of aryl methyl sites for hydroxylation is 3. The predicted octanol–water partition coefficient (Wildman–Crippen LogP) is 5.22. The number of amides is 1. The molecule has 0 fully saturated rings. The highest BCUT2D eigenvalue weighted by Gasteiger charge is 2.19. The Labute approximate surface area is 178 Å². The second-order valence-electron chi connectivity index (χ2n) is 8.14. The van der Waals surface area contributed by atoms with E-state index in [2.05, 4.69) is 42.6 Å². The minimum absolute atomic E-state index is 0.0501. The van der Waals surface area contributed by atoms with Crippen LogP contribution < -0.4 is 5.32 Å². The van der Waals surface area contributed by atoms with Gasteiger partial charge in [-0.3, -0.25) is 4.79 Å². The molecule has 4 rings (SSSR count). The summed E-state index contributed by atoms with van der Waals surface area (Å²) in [6.07, 6.45) is 9.15. The molecule has 0 aliphatic heterocycles. The Hall–Kier alpha value is -2.95. The summed E-state index contributed by atoms with van der Waals surface area (Å²) >= 11 is 0. The third-order valence-corrected chi connectivity index (χ3v) is 5.89. The van der Waals surface area contributed by atoms with Crippen molar-refractivity contribution in [3.63, 3.8) is 0 Å². The Bertz CT molecular complexity index is 1090. The maximum Gasteiger partial charge on any atom is 0.252 e. The normalized spacial score (nSPS) is 14.0. The number of allylic oxidation sites excluding steroid dienone is 1. The van der Waals surface area contributed by atoms with Gasteiger partial charge in [-0.1, -0.05) is 30.7 Å². The van der Waals surface area contributed by atoms with Crippen LogP contribution in [0.5, 0.6) is 0 Å². The average molecular weight is 403 g/mol. The van der Waals surface area contributed by atoms with Crippen LogP contribution in [0, 0.1) is 13.8 Å². The van der Waals surface area contributed by atoms with Gasteiger partial charge in [-0.05, 0) is 76.1 Å². The molecule has 156 valence electrons. The van der Waals surface area contributed by atoms with Crippen molar-refractivity contribution in [2.45, 2.75) is 59.3 Å². The molecule has 1 aliphatic carbocycles. The highest BCUT2D eigenvalue weighted by molar-refractivity contribution is 6.06. The van der Waals surface area contributed by atoms with Crippen LogP contribution in [0.15, 0.2) is 42.0 Å². The lowest BCUT2D eigenvalue weighted by Gasteiger charge is -2.13. The van der Waals surface area contributed by atoms with Gasteiger partial charge in [-0.15, -0.1) is 0 Å². The molecular weight excluding hydrogens is 372 g/mol. The zero-order valence-electron chi connectivity index (χ0n) is 18.2. The number of aromatic nitrogens is 3. The molecule has 2 heterocycles. The fraction of sp³-hybridized carbons (Fsp3) is 0.400. The van der Waals surface area contributed by atoms with Crippen molar-refractivity contribution >= 4 is 16.9 Å². The van der Waals surface area contributed by atoms with Crippen LogP contribution in [-0.2, 0) is 6.42 Å². The predicted molar refractivity (Wildman–Crippen MR) is 121 cm³/mol. The van der Waals surface area contributed by atoms with Crippen molar-refractivity contribution in [2.24, 2.45) is 0 Å². The van der Waals surface area contributed by atoms with Gasteiger partial charge in [0.25, 0.3) is 5.91 Å². The summed E-state index contributed by atoms with van der Waals surface area (Å²) in [5, 5.41) is 8.66. The number of benzene rings is 1. The van der Waals surface area contributed by atoms with Gasteiger partial charge in [-0.2, -0.15) is 5.10 Å². The smallest absolute Gasteiger partial charge is 0.252 e. The third kappa shape index (κ3) is 4.16. The molecular formula is C25H30N4O. The highest BCUT2D eigenvalue weighted by atomic mass is 16.1. The van der Waals surface area contributed by atoms with Gasteiger partial charge in [-0.25, -0.2) is 9.67 Å². The summed E-state index contributed by atoms with van der Waals surface area (Å²) < 4.78 is 1.85. The fourth-order valence-electron chi connectivity index (χ4n) is 4.21. The van der Waals surface area contributed by atoms with E-state index in [1.165, 1.54) is 30.4 Å². The van der Waals surface area contributed by atoms with Crippen LogP contribution in [0.1, 0.15) is 66.3 Å². The second kappa shape index (κ2) is 8.82. The molecule has 0 atom stereocenters. The lowest BCUT2D eigenvalue weighted by molar-refractivity contribution is 0.0955. The number of carbonyl (C=O) groups is 1. The monoisotopic (exact) mass is 402 g/mol. The van der Waals surface area contributed by atoms with E-state index in [9.17, 15) is 4.79 Å². The van der Waals surface area contributed by atoms with Gasteiger partial charge in [0.2, 0.25) is 0 Å². The molecule has 30 heavy (non-hydrogen) atoms. The van der Waals surface area contributed by atoms with Crippen LogP contribution in [0.25, 0.3) is 16.7 Å². The van der Waals surface area contributed by atoms with Crippen molar-refractivity contribution in [3.05, 3.63) is 64.5 Å². The van der Waals surface area contributed by atoms with Crippen molar-refractivity contribution < 1.29 is 4.79 Å². The lowest BCUT2D eigenvalue weighted by atomic mass is 9.97. The van der Waals surface area contributed by atoms with Gasteiger partial charge < -0.3 is 5.32 Å². The highest BCUT2D eigenvalue weighted by Crippen LogP contribution is 2.25. The molecule has 0 unspecified atom stereocenters. The molecule has 3 aromatic rings. The molecule has 1 N–H and O–H groups in total. The first-order valence-electron chi connectivity index (χ1n) is 11.0. The number of fused-ring (bicyclic) bond motifs is 1. The summed E-state index contributed by atoms with van der Waals surface area (Å²) in [5.74, 6) is -0.0501. The standard InChI is InChI=1S/C25H30N4O/c1-4-19-10-12-21(13-11-19)29-24-23(18(3)28-29)22(16-17(2)27-24)25(30)26-15-14-20-8-6-5-7-9-20/h8,10-13,16H,4-7,9,14-15H2,1-3H3,(H,26,30). The molecule has 5 heteroatoms. The molecule has 0 spiro atoms. The number of rotatable bonds is 6. The minimum Gasteiger partial charge on any atom is -0.352 e. The lowest BCUT2D eigenvalue weighted by Crippen LogP contribution is -2.25. The molecule has 5 nitrogen and oxygen atoms in total. The molecule has 2 aromatic heterocycles. The zero-order chi connectivity index (χ0) is 21.1. The van der Waals surface area contributed by atoms with Crippen LogP contribution in [0.4, 0.5) is 0 Å². The number of hydrogen-bond acceptors (Lipinski definition) is 3. The average Bonchev–Trinajstić information content (AvgIpc) is 3.10. The molecule has 0 bridgehead atoms. The maximum absolute atomic E-state index is 13.0. The molecule has 1 aliphatic rings. The van der Waals surface area contributed by atoms with Crippen molar-refractivity contribution in [2.75, 3.05) is 6.54 Å². The van der Waals surface area contributed by atoms with E-state index in [1.54, 1.807) is 0 Å². The van der Waals surface area contributed by atoms with Gasteiger partial charge in [0.15, 0.2) is 5.65 Å². The van der Waals surface area contributed by atoms with E-state index < -0.39 is 0 Å².